The van der Waals surface area contributed by atoms with E-state index in [0.29, 0.717) is 11.2 Å². The topological polar surface area (TPSA) is 70.5 Å². The van der Waals surface area contributed by atoms with Crippen LogP contribution in [0.1, 0.15) is 46.3 Å². The SMILES string of the molecule is CC(=O)c1sc(N(C)C2CCC2)nc1C(=O)O. The van der Waals surface area contributed by atoms with Gasteiger partial charge in [-0.15, -0.1) is 0 Å². The number of carboxylic acids is 1. The smallest absolute Gasteiger partial charge is 0.356 e. The molecule has 0 radical (unpaired) electrons. The number of thiazole rings is 1. The fourth-order valence-corrected chi connectivity index (χ4v) is 2.76. The number of carboxylic acid groups (broad SMARTS) is 1. The van der Waals surface area contributed by atoms with Crippen LogP contribution in [0.25, 0.3) is 0 Å². The van der Waals surface area contributed by atoms with Gasteiger partial charge in [0.2, 0.25) is 0 Å². The fourth-order valence-electron chi connectivity index (χ4n) is 1.77. The third-order valence-electron chi connectivity index (χ3n) is 3.06. The van der Waals surface area contributed by atoms with E-state index in [0.717, 1.165) is 12.8 Å². The maximum atomic E-state index is 11.3. The minimum atomic E-state index is -1.14. The van der Waals surface area contributed by atoms with Gasteiger partial charge in [0.05, 0.1) is 0 Å². The molecule has 17 heavy (non-hydrogen) atoms. The highest BCUT2D eigenvalue weighted by atomic mass is 32.1. The van der Waals surface area contributed by atoms with Crippen molar-refractivity contribution in [3.63, 3.8) is 0 Å². The van der Waals surface area contributed by atoms with E-state index in [1.165, 1.54) is 24.7 Å². The van der Waals surface area contributed by atoms with Gasteiger partial charge in [-0.05, 0) is 19.3 Å². The minimum absolute atomic E-state index is 0.122. The molecule has 1 aromatic rings. The van der Waals surface area contributed by atoms with Gasteiger partial charge in [-0.1, -0.05) is 11.3 Å². The van der Waals surface area contributed by atoms with E-state index in [4.69, 9.17) is 5.11 Å². The monoisotopic (exact) mass is 254 g/mol. The molecule has 5 nitrogen and oxygen atoms in total. The number of rotatable bonds is 4. The van der Waals surface area contributed by atoms with Crippen LogP contribution in [-0.4, -0.2) is 34.9 Å². The van der Waals surface area contributed by atoms with Crippen molar-refractivity contribution in [1.82, 2.24) is 4.98 Å². The molecule has 1 aliphatic carbocycles. The average Bonchev–Trinajstić information content (AvgIpc) is 2.58. The van der Waals surface area contributed by atoms with Gasteiger partial charge in [0.15, 0.2) is 16.6 Å². The zero-order valence-corrected chi connectivity index (χ0v) is 10.6. The molecule has 0 amide bonds. The first-order valence-electron chi connectivity index (χ1n) is 5.48. The fraction of sp³-hybridized carbons (Fsp3) is 0.545. The Bertz CT molecular complexity index is 434. The summed E-state index contributed by atoms with van der Waals surface area (Å²) in [5, 5.41) is 9.62. The van der Waals surface area contributed by atoms with Crippen molar-refractivity contribution in [1.29, 1.82) is 0 Å². The first-order valence-corrected chi connectivity index (χ1v) is 6.30. The van der Waals surface area contributed by atoms with Gasteiger partial charge < -0.3 is 10.0 Å². The summed E-state index contributed by atoms with van der Waals surface area (Å²) in [6.07, 6.45) is 3.41. The molecule has 0 saturated heterocycles. The minimum Gasteiger partial charge on any atom is -0.476 e. The van der Waals surface area contributed by atoms with E-state index < -0.39 is 5.97 Å². The molecule has 1 saturated carbocycles. The van der Waals surface area contributed by atoms with Crippen molar-refractivity contribution in [3.8, 4) is 0 Å². The van der Waals surface area contributed by atoms with Crippen molar-refractivity contribution in [2.45, 2.75) is 32.2 Å². The molecule has 1 fully saturated rings. The lowest BCUT2D eigenvalue weighted by Crippen LogP contribution is -2.37. The summed E-state index contributed by atoms with van der Waals surface area (Å²) in [7, 11) is 1.90. The highest BCUT2D eigenvalue weighted by Crippen LogP contribution is 2.32. The molecule has 0 aliphatic heterocycles. The summed E-state index contributed by atoms with van der Waals surface area (Å²) < 4.78 is 0. The predicted molar refractivity (Wildman–Crippen MR) is 65.1 cm³/mol. The van der Waals surface area contributed by atoms with Gasteiger partial charge in [0.25, 0.3) is 0 Å². The van der Waals surface area contributed by atoms with E-state index in [2.05, 4.69) is 4.98 Å². The van der Waals surface area contributed by atoms with Crippen LogP contribution < -0.4 is 4.90 Å². The quantitative estimate of drug-likeness (QED) is 0.832. The number of hydrogen-bond donors (Lipinski definition) is 1. The number of hydrogen-bond acceptors (Lipinski definition) is 5. The van der Waals surface area contributed by atoms with Gasteiger partial charge in [0.1, 0.15) is 4.88 Å². The highest BCUT2D eigenvalue weighted by Gasteiger charge is 2.27. The van der Waals surface area contributed by atoms with Gasteiger partial charge in [-0.25, -0.2) is 9.78 Å². The summed E-state index contributed by atoms with van der Waals surface area (Å²) in [4.78, 5) is 28.6. The van der Waals surface area contributed by atoms with Crippen molar-refractivity contribution >= 4 is 28.2 Å². The van der Waals surface area contributed by atoms with Crippen LogP contribution in [0, 0.1) is 0 Å². The Labute approximate surface area is 103 Å². The Morgan fingerprint density at radius 2 is 2.12 bits per heavy atom. The number of carbonyl (C=O) groups excluding carboxylic acids is 1. The Balaban J connectivity index is 2.32. The van der Waals surface area contributed by atoms with Crippen LogP contribution in [0.2, 0.25) is 0 Å². The zero-order chi connectivity index (χ0) is 12.6. The van der Waals surface area contributed by atoms with Gasteiger partial charge in [-0.3, -0.25) is 4.79 Å². The molecule has 0 bridgehead atoms. The number of aromatic carboxylic acids is 1. The Morgan fingerprint density at radius 3 is 2.47 bits per heavy atom. The van der Waals surface area contributed by atoms with E-state index in [1.807, 2.05) is 11.9 Å². The molecule has 0 aromatic carbocycles. The largest absolute Gasteiger partial charge is 0.476 e. The van der Waals surface area contributed by atoms with Crippen LogP contribution >= 0.6 is 11.3 Å². The van der Waals surface area contributed by atoms with E-state index in [9.17, 15) is 9.59 Å². The maximum absolute atomic E-state index is 11.3. The predicted octanol–water partition coefficient (Wildman–Crippen LogP) is 2.03. The lowest BCUT2D eigenvalue weighted by Gasteiger charge is -2.34. The molecule has 1 aromatic heterocycles. The molecule has 0 spiro atoms. The second-order valence-corrected chi connectivity index (χ2v) is 5.21. The first-order chi connectivity index (χ1) is 8.00. The molecule has 0 unspecified atom stereocenters. The third-order valence-corrected chi connectivity index (χ3v) is 4.31. The van der Waals surface area contributed by atoms with Crippen LogP contribution in [-0.2, 0) is 0 Å². The third kappa shape index (κ3) is 2.17. The van der Waals surface area contributed by atoms with Crippen molar-refractivity contribution in [2.75, 3.05) is 11.9 Å². The lowest BCUT2D eigenvalue weighted by molar-refractivity contribution is 0.0687. The van der Waals surface area contributed by atoms with Gasteiger partial charge in [-0.2, -0.15) is 0 Å². The molecular formula is C11H14N2O3S. The molecule has 1 heterocycles. The average molecular weight is 254 g/mol. The van der Waals surface area contributed by atoms with Crippen LogP contribution in [0.5, 0.6) is 0 Å². The van der Waals surface area contributed by atoms with Crippen LogP contribution in [0.4, 0.5) is 5.13 Å². The zero-order valence-electron chi connectivity index (χ0n) is 9.77. The van der Waals surface area contributed by atoms with Gasteiger partial charge in [0, 0.05) is 20.0 Å². The summed E-state index contributed by atoms with van der Waals surface area (Å²) in [5.41, 5.74) is -0.122. The molecular weight excluding hydrogens is 240 g/mol. The van der Waals surface area contributed by atoms with Crippen LogP contribution in [0.15, 0.2) is 0 Å². The van der Waals surface area contributed by atoms with E-state index in [1.54, 1.807) is 0 Å². The molecule has 92 valence electrons. The molecule has 2 rings (SSSR count). The number of carbonyl (C=O) groups is 2. The second-order valence-electron chi connectivity index (χ2n) is 4.23. The molecule has 1 N–H and O–H groups in total. The summed E-state index contributed by atoms with van der Waals surface area (Å²) in [5.74, 6) is -1.38. The number of Topliss-reactive ketones (excluding diaryl/α,β-unsaturated/α-hetero) is 1. The van der Waals surface area contributed by atoms with Gasteiger partial charge >= 0.3 is 5.97 Å². The maximum Gasteiger partial charge on any atom is 0.356 e. The van der Waals surface area contributed by atoms with Crippen molar-refractivity contribution < 1.29 is 14.7 Å². The normalized spacial score (nSPS) is 15.4. The molecule has 6 heteroatoms. The number of aromatic nitrogens is 1. The number of ketones is 1. The standard InChI is InChI=1S/C11H14N2O3S/c1-6(14)9-8(10(15)16)12-11(17-9)13(2)7-4-3-5-7/h7H,3-5H2,1-2H3,(H,15,16). The Morgan fingerprint density at radius 1 is 1.47 bits per heavy atom. The Hall–Kier alpha value is -1.43. The second kappa shape index (κ2) is 4.44. The first kappa shape index (κ1) is 12.0. The van der Waals surface area contributed by atoms with E-state index >= 15 is 0 Å². The number of anilines is 1. The highest BCUT2D eigenvalue weighted by molar-refractivity contribution is 7.17. The van der Waals surface area contributed by atoms with Crippen molar-refractivity contribution in [3.05, 3.63) is 10.6 Å². The number of nitrogens with zero attached hydrogens (tertiary/aromatic N) is 2. The van der Waals surface area contributed by atoms with Crippen molar-refractivity contribution in [2.24, 2.45) is 0 Å². The lowest BCUT2D eigenvalue weighted by atomic mass is 9.92. The summed E-state index contributed by atoms with van der Waals surface area (Å²) in [6.45, 7) is 1.37. The molecule has 1 aliphatic rings. The summed E-state index contributed by atoms with van der Waals surface area (Å²) >= 11 is 1.17. The van der Waals surface area contributed by atoms with Crippen LogP contribution in [0.3, 0.4) is 0 Å². The Kier molecular flexibility index (Phi) is 3.15. The summed E-state index contributed by atoms with van der Waals surface area (Å²) in [6, 6.07) is 0.433. The molecule has 0 atom stereocenters. The van der Waals surface area contributed by atoms with E-state index in [-0.39, 0.29) is 16.4 Å².